The first-order valence-corrected chi connectivity index (χ1v) is 12.0. The first-order chi connectivity index (χ1) is 18.6. The Bertz CT molecular complexity index is 1730. The van der Waals surface area contributed by atoms with Gasteiger partial charge in [-0.05, 0) is 54.8 Å². The summed E-state index contributed by atoms with van der Waals surface area (Å²) in [5.74, 6) is 2.50. The van der Waals surface area contributed by atoms with E-state index in [2.05, 4.69) is 36.9 Å². The van der Waals surface area contributed by atoms with Crippen LogP contribution in [0.15, 0.2) is 74.1 Å². The summed E-state index contributed by atoms with van der Waals surface area (Å²) in [6, 6.07) is 9.48. The number of rotatable bonds is 6. The van der Waals surface area contributed by atoms with Crippen molar-refractivity contribution < 1.29 is 9.53 Å². The number of pyridine rings is 1. The van der Waals surface area contributed by atoms with Crippen LogP contribution in [0.3, 0.4) is 0 Å². The lowest BCUT2D eigenvalue weighted by atomic mass is 10.1. The van der Waals surface area contributed by atoms with Gasteiger partial charge in [0.25, 0.3) is 0 Å². The third-order valence-electron chi connectivity index (χ3n) is 6.28. The molecule has 0 saturated heterocycles. The Labute approximate surface area is 217 Å². The van der Waals surface area contributed by atoms with Gasteiger partial charge in [0.2, 0.25) is 5.91 Å². The fourth-order valence-electron chi connectivity index (χ4n) is 4.27. The number of hydrogen-bond acceptors (Lipinski definition) is 9. The van der Waals surface area contributed by atoms with E-state index in [0.717, 1.165) is 22.6 Å². The average molecular weight is 506 g/mol. The molecular formula is C27H23N9O2. The Balaban J connectivity index is 1.23. The van der Waals surface area contributed by atoms with Crippen LogP contribution in [0.25, 0.3) is 22.3 Å². The Hall–Kier alpha value is -5.19. The second-order valence-corrected chi connectivity index (χ2v) is 8.75. The van der Waals surface area contributed by atoms with Crippen LogP contribution < -0.4 is 10.1 Å². The molecule has 1 N–H and O–H groups in total. The Morgan fingerprint density at radius 2 is 2.05 bits per heavy atom. The molecule has 0 saturated carbocycles. The van der Waals surface area contributed by atoms with Crippen molar-refractivity contribution in [3.05, 3.63) is 85.5 Å². The maximum Gasteiger partial charge on any atom is 0.246 e. The van der Waals surface area contributed by atoms with Gasteiger partial charge < -0.3 is 15.0 Å². The molecule has 0 radical (unpaired) electrons. The van der Waals surface area contributed by atoms with E-state index < -0.39 is 0 Å². The van der Waals surface area contributed by atoms with Crippen LogP contribution in [0.2, 0.25) is 0 Å². The Morgan fingerprint density at radius 1 is 1.13 bits per heavy atom. The number of aromatic nitrogens is 7. The van der Waals surface area contributed by atoms with Crippen molar-refractivity contribution in [3.63, 3.8) is 0 Å². The van der Waals surface area contributed by atoms with Crippen LogP contribution in [0.5, 0.6) is 11.5 Å². The van der Waals surface area contributed by atoms with Crippen LogP contribution in [-0.2, 0) is 4.79 Å². The number of ether oxygens (including phenoxy) is 1. The first kappa shape index (κ1) is 23.2. The highest BCUT2D eigenvalue weighted by atomic mass is 16.5. The van der Waals surface area contributed by atoms with Crippen LogP contribution in [0, 0.1) is 6.92 Å². The normalized spacial score (nSPS) is 13.4. The molecule has 4 aromatic heterocycles. The van der Waals surface area contributed by atoms with Crippen molar-refractivity contribution in [2.75, 3.05) is 18.4 Å². The van der Waals surface area contributed by atoms with Crippen molar-refractivity contribution in [2.24, 2.45) is 0 Å². The molecule has 6 rings (SSSR count). The lowest BCUT2D eigenvalue weighted by Crippen LogP contribution is -2.33. The fourth-order valence-corrected chi connectivity index (χ4v) is 4.27. The summed E-state index contributed by atoms with van der Waals surface area (Å²) in [6.07, 6.45) is 10.5. The molecular weight excluding hydrogens is 482 g/mol. The molecule has 0 fully saturated rings. The SMILES string of the molecule is C=CC(=O)N1CC=C(c2ncc3ncnc(Nc4ccc(Oc5ccn6ncnc6c5)c(C)c4)c3n2)CC1. The zero-order chi connectivity index (χ0) is 26.1. The first-order valence-electron chi connectivity index (χ1n) is 12.0. The van der Waals surface area contributed by atoms with Gasteiger partial charge in [0, 0.05) is 31.0 Å². The molecule has 1 aliphatic rings. The smallest absolute Gasteiger partial charge is 0.246 e. The fraction of sp³-hybridized carbons (Fsp3) is 0.148. The number of benzene rings is 1. The van der Waals surface area contributed by atoms with E-state index in [1.807, 2.05) is 43.3 Å². The Morgan fingerprint density at radius 3 is 2.87 bits per heavy atom. The molecule has 5 heterocycles. The topological polar surface area (TPSA) is 123 Å². The minimum atomic E-state index is -0.0808. The summed E-state index contributed by atoms with van der Waals surface area (Å²) in [7, 11) is 0. The van der Waals surface area contributed by atoms with Gasteiger partial charge in [-0.1, -0.05) is 12.7 Å². The average Bonchev–Trinajstić information content (AvgIpc) is 3.42. The lowest BCUT2D eigenvalue weighted by Gasteiger charge is -2.24. The van der Waals surface area contributed by atoms with Gasteiger partial charge in [0.1, 0.15) is 35.2 Å². The molecule has 0 aliphatic carbocycles. The molecule has 0 unspecified atom stereocenters. The largest absolute Gasteiger partial charge is 0.457 e. The van der Waals surface area contributed by atoms with Crippen LogP contribution in [0.4, 0.5) is 11.5 Å². The zero-order valence-electron chi connectivity index (χ0n) is 20.6. The van der Waals surface area contributed by atoms with Gasteiger partial charge in [-0.2, -0.15) is 5.10 Å². The molecule has 11 nitrogen and oxygen atoms in total. The lowest BCUT2D eigenvalue weighted by molar-refractivity contribution is -0.125. The summed E-state index contributed by atoms with van der Waals surface area (Å²) in [6.45, 7) is 6.63. The number of hydrogen-bond donors (Lipinski definition) is 1. The zero-order valence-corrected chi connectivity index (χ0v) is 20.6. The minimum absolute atomic E-state index is 0.0808. The van der Waals surface area contributed by atoms with E-state index in [4.69, 9.17) is 9.72 Å². The van der Waals surface area contributed by atoms with E-state index in [1.165, 1.54) is 18.7 Å². The number of nitrogens with zero attached hydrogens (tertiary/aromatic N) is 8. The van der Waals surface area contributed by atoms with Crippen LogP contribution >= 0.6 is 0 Å². The molecule has 188 valence electrons. The van der Waals surface area contributed by atoms with E-state index in [1.54, 1.807) is 21.8 Å². The monoisotopic (exact) mass is 505 g/mol. The summed E-state index contributed by atoms with van der Waals surface area (Å²) in [5.41, 5.74) is 4.71. The standard InChI is InChI=1S/C27H23N9O2/c1-3-24(37)35-9-6-18(7-10-35)26-28-14-21-25(34-26)27(31-15-29-21)33-19-4-5-22(17(2)12-19)38-20-8-11-36-23(13-20)30-16-32-36/h3-6,8,11-16H,1,7,9-10H2,2H3,(H,29,31,33). The van der Waals surface area contributed by atoms with Gasteiger partial charge in [-0.25, -0.2) is 29.4 Å². The van der Waals surface area contributed by atoms with Crippen molar-refractivity contribution in [3.8, 4) is 11.5 Å². The highest BCUT2D eigenvalue weighted by molar-refractivity contribution is 5.89. The highest BCUT2D eigenvalue weighted by Crippen LogP contribution is 2.30. The number of fused-ring (bicyclic) bond motifs is 2. The summed E-state index contributed by atoms with van der Waals surface area (Å²) in [4.78, 5) is 35.8. The summed E-state index contributed by atoms with van der Waals surface area (Å²) >= 11 is 0. The number of carbonyl (C=O) groups excluding carboxylic acids is 1. The molecule has 1 aliphatic heterocycles. The summed E-state index contributed by atoms with van der Waals surface area (Å²) in [5, 5.41) is 7.46. The maximum absolute atomic E-state index is 11.9. The highest BCUT2D eigenvalue weighted by Gasteiger charge is 2.18. The van der Waals surface area contributed by atoms with Crippen LogP contribution in [0.1, 0.15) is 17.8 Å². The molecule has 0 bridgehead atoms. The second-order valence-electron chi connectivity index (χ2n) is 8.75. The van der Waals surface area contributed by atoms with E-state index >= 15 is 0 Å². The molecule has 1 aromatic carbocycles. The van der Waals surface area contributed by atoms with Crippen molar-refractivity contribution >= 4 is 39.7 Å². The summed E-state index contributed by atoms with van der Waals surface area (Å²) < 4.78 is 7.76. The van der Waals surface area contributed by atoms with Crippen LogP contribution in [-0.4, -0.2) is 58.4 Å². The number of nitrogens with one attached hydrogen (secondary N) is 1. The van der Waals surface area contributed by atoms with Gasteiger partial charge >= 0.3 is 0 Å². The van der Waals surface area contributed by atoms with Gasteiger partial charge in [0.05, 0.1) is 6.20 Å². The quantitative estimate of drug-likeness (QED) is 0.340. The number of amides is 1. The maximum atomic E-state index is 11.9. The van der Waals surface area contributed by atoms with Crippen molar-refractivity contribution in [1.29, 1.82) is 0 Å². The number of anilines is 2. The third kappa shape index (κ3) is 4.52. The molecule has 11 heteroatoms. The Kier molecular flexibility index (Phi) is 5.92. The minimum Gasteiger partial charge on any atom is -0.457 e. The molecule has 38 heavy (non-hydrogen) atoms. The van der Waals surface area contributed by atoms with Gasteiger partial charge in [0.15, 0.2) is 17.3 Å². The van der Waals surface area contributed by atoms with E-state index in [0.29, 0.717) is 53.6 Å². The van der Waals surface area contributed by atoms with E-state index in [9.17, 15) is 4.79 Å². The molecule has 5 aromatic rings. The number of carbonyl (C=O) groups is 1. The second kappa shape index (κ2) is 9.69. The predicted molar refractivity (Wildman–Crippen MR) is 142 cm³/mol. The van der Waals surface area contributed by atoms with Crippen molar-refractivity contribution in [2.45, 2.75) is 13.3 Å². The molecule has 0 spiro atoms. The molecule has 0 atom stereocenters. The van der Waals surface area contributed by atoms with Crippen molar-refractivity contribution in [1.82, 2.24) is 39.4 Å². The van der Waals surface area contributed by atoms with Gasteiger partial charge in [-0.3, -0.25) is 4.79 Å². The van der Waals surface area contributed by atoms with E-state index in [-0.39, 0.29) is 5.91 Å². The van der Waals surface area contributed by atoms with Gasteiger partial charge in [-0.15, -0.1) is 0 Å². The number of aryl methyl sites for hydroxylation is 1. The third-order valence-corrected chi connectivity index (χ3v) is 6.28. The predicted octanol–water partition coefficient (Wildman–Crippen LogP) is 4.11. The molecule has 1 amide bonds.